The number of carbonyl (C=O) groups excluding carboxylic acids is 1. The van der Waals surface area contributed by atoms with E-state index in [1.54, 1.807) is 6.07 Å². The van der Waals surface area contributed by atoms with Crippen molar-refractivity contribution in [2.75, 3.05) is 6.61 Å². The fourth-order valence-corrected chi connectivity index (χ4v) is 2.86. The zero-order valence-corrected chi connectivity index (χ0v) is 16.4. The van der Waals surface area contributed by atoms with Crippen LogP contribution in [0.5, 0.6) is 5.75 Å². The summed E-state index contributed by atoms with van der Waals surface area (Å²) in [5.41, 5.74) is -0.0472. The largest absolute Gasteiger partial charge is 0.488 e. The molecule has 0 saturated heterocycles. The lowest BCUT2D eigenvalue weighted by Gasteiger charge is -2.22. The molecule has 0 spiro atoms. The minimum Gasteiger partial charge on any atom is -0.488 e. The summed E-state index contributed by atoms with van der Waals surface area (Å²) in [5.74, 6) is -1.18. The summed E-state index contributed by atoms with van der Waals surface area (Å²) in [6.07, 6.45) is 3.82. The van der Waals surface area contributed by atoms with Crippen LogP contribution < -0.4 is 10.1 Å². The van der Waals surface area contributed by atoms with Gasteiger partial charge in [0.1, 0.15) is 17.9 Å². The maximum atomic E-state index is 12.8. The van der Waals surface area contributed by atoms with Gasteiger partial charge in [0, 0.05) is 5.39 Å². The fraction of sp³-hybridized carbons (Fsp3) is 0.167. The third-order valence-electron chi connectivity index (χ3n) is 4.52. The molecule has 0 atom stereocenters. The zero-order valence-electron chi connectivity index (χ0n) is 16.4. The number of ether oxygens (including phenoxy) is 1. The van der Waals surface area contributed by atoms with Crippen LogP contribution in [0.15, 0.2) is 72.8 Å². The van der Waals surface area contributed by atoms with Crippen molar-refractivity contribution >= 4 is 28.7 Å². The van der Waals surface area contributed by atoms with Gasteiger partial charge >= 0.3 is 5.97 Å². The van der Waals surface area contributed by atoms with Crippen molar-refractivity contribution in [3.63, 3.8) is 0 Å². The molecule has 0 aliphatic carbocycles. The lowest BCUT2D eigenvalue weighted by atomic mass is 10.0. The quantitative estimate of drug-likeness (QED) is 0.623. The first-order valence-electron chi connectivity index (χ1n) is 9.30. The van der Waals surface area contributed by atoms with Crippen LogP contribution in [0.25, 0.3) is 16.8 Å². The fourth-order valence-electron chi connectivity index (χ4n) is 2.86. The molecule has 0 fully saturated rings. The van der Waals surface area contributed by atoms with E-state index in [4.69, 9.17) is 4.74 Å². The number of hydrogen-bond donors (Lipinski definition) is 2. The van der Waals surface area contributed by atoms with Gasteiger partial charge < -0.3 is 15.2 Å². The van der Waals surface area contributed by atoms with Crippen LogP contribution in [0.1, 0.15) is 29.8 Å². The predicted octanol–water partition coefficient (Wildman–Crippen LogP) is 4.53. The minimum atomic E-state index is -1.40. The average Bonchev–Trinajstić information content (AvgIpc) is 2.71. The molecule has 0 unspecified atom stereocenters. The minimum absolute atomic E-state index is 0.269. The number of aliphatic carboxylic acids is 1. The van der Waals surface area contributed by atoms with Gasteiger partial charge in [-0.05, 0) is 36.9 Å². The smallest absolute Gasteiger partial charge is 0.328 e. The van der Waals surface area contributed by atoms with Crippen LogP contribution in [0.3, 0.4) is 0 Å². The van der Waals surface area contributed by atoms with Crippen molar-refractivity contribution in [3.05, 3.63) is 83.9 Å². The van der Waals surface area contributed by atoms with Crippen LogP contribution in [0.2, 0.25) is 0 Å². The van der Waals surface area contributed by atoms with Crippen LogP contribution >= 0.6 is 0 Å². The van der Waals surface area contributed by atoms with E-state index in [0.717, 1.165) is 16.3 Å². The van der Waals surface area contributed by atoms with E-state index in [1.165, 1.54) is 13.8 Å². The monoisotopic (exact) mass is 389 g/mol. The first kappa shape index (κ1) is 20.1. The Hall–Kier alpha value is -3.60. The van der Waals surface area contributed by atoms with Crippen LogP contribution in [-0.2, 0) is 4.79 Å². The van der Waals surface area contributed by atoms with Crippen molar-refractivity contribution in [2.45, 2.75) is 19.4 Å². The van der Waals surface area contributed by atoms with E-state index in [0.29, 0.717) is 11.3 Å². The van der Waals surface area contributed by atoms with Gasteiger partial charge in [0.15, 0.2) is 0 Å². The maximum Gasteiger partial charge on any atom is 0.328 e. The highest BCUT2D eigenvalue weighted by atomic mass is 16.5. The predicted molar refractivity (Wildman–Crippen MR) is 114 cm³/mol. The number of hydrogen-bond acceptors (Lipinski definition) is 3. The summed E-state index contributed by atoms with van der Waals surface area (Å²) in [6.45, 7) is 3.15. The van der Waals surface area contributed by atoms with Crippen molar-refractivity contribution in [1.82, 2.24) is 5.32 Å². The molecular formula is C24H23NO4. The van der Waals surface area contributed by atoms with Crippen LogP contribution in [0, 0.1) is 0 Å². The molecule has 1 amide bonds. The second-order valence-electron chi connectivity index (χ2n) is 7.17. The second kappa shape index (κ2) is 8.61. The Balaban J connectivity index is 1.89. The standard InChI is InChI=1S/C24H23NO4/c1-24(2,23(27)28)25-22(26)20-15-14-18-12-6-7-13-19(18)21(20)29-16-8-11-17-9-4-3-5-10-17/h3-15H,16H2,1-2H3,(H,25,26)(H,27,28)/b11-8+. The Kier molecular flexibility index (Phi) is 5.98. The van der Waals surface area contributed by atoms with Gasteiger partial charge in [0.25, 0.3) is 5.91 Å². The van der Waals surface area contributed by atoms with Crippen molar-refractivity contribution in [2.24, 2.45) is 0 Å². The SMILES string of the molecule is CC(C)(NC(=O)c1ccc2ccccc2c1OC/C=C/c1ccccc1)C(=O)O. The molecule has 148 valence electrons. The molecule has 29 heavy (non-hydrogen) atoms. The van der Waals surface area contributed by atoms with Crippen LogP contribution in [0.4, 0.5) is 0 Å². The summed E-state index contributed by atoms with van der Waals surface area (Å²) in [5, 5.41) is 13.6. The van der Waals surface area contributed by atoms with E-state index in [9.17, 15) is 14.7 Å². The Morgan fingerprint density at radius 3 is 2.41 bits per heavy atom. The van der Waals surface area contributed by atoms with E-state index >= 15 is 0 Å². The topological polar surface area (TPSA) is 75.6 Å². The molecule has 2 N–H and O–H groups in total. The molecule has 3 aromatic rings. The van der Waals surface area contributed by atoms with E-state index in [-0.39, 0.29) is 6.61 Å². The van der Waals surface area contributed by atoms with Gasteiger partial charge in [0.05, 0.1) is 5.56 Å². The average molecular weight is 389 g/mol. The third-order valence-corrected chi connectivity index (χ3v) is 4.52. The third kappa shape index (κ3) is 4.82. The number of carboxylic acids is 1. The van der Waals surface area contributed by atoms with Gasteiger partial charge in [-0.2, -0.15) is 0 Å². The lowest BCUT2D eigenvalue weighted by molar-refractivity contribution is -0.143. The molecule has 5 nitrogen and oxygen atoms in total. The molecule has 0 saturated carbocycles. The summed E-state index contributed by atoms with van der Waals surface area (Å²) in [6, 6.07) is 20.9. The van der Waals surface area contributed by atoms with E-state index in [1.807, 2.05) is 72.8 Å². The summed E-state index contributed by atoms with van der Waals surface area (Å²) in [7, 11) is 0. The highest BCUT2D eigenvalue weighted by Crippen LogP contribution is 2.30. The number of carboxylic acid groups (broad SMARTS) is 1. The molecule has 0 aliphatic heterocycles. The molecule has 0 aromatic heterocycles. The van der Waals surface area contributed by atoms with Crippen molar-refractivity contribution < 1.29 is 19.4 Å². The van der Waals surface area contributed by atoms with Gasteiger partial charge in [-0.15, -0.1) is 0 Å². The Labute approximate surface area is 169 Å². The Morgan fingerprint density at radius 1 is 1.00 bits per heavy atom. The van der Waals surface area contributed by atoms with Crippen molar-refractivity contribution in [3.8, 4) is 5.75 Å². The molecule has 0 heterocycles. The molecular weight excluding hydrogens is 366 g/mol. The van der Waals surface area contributed by atoms with Crippen LogP contribution in [-0.4, -0.2) is 29.1 Å². The summed E-state index contributed by atoms with van der Waals surface area (Å²) < 4.78 is 5.97. The number of benzene rings is 3. The Bertz CT molecular complexity index is 1050. The molecule has 0 radical (unpaired) electrons. The number of amides is 1. The van der Waals surface area contributed by atoms with Gasteiger partial charge in [-0.25, -0.2) is 4.79 Å². The molecule has 5 heteroatoms. The second-order valence-corrected chi connectivity index (χ2v) is 7.17. The zero-order chi connectivity index (χ0) is 20.9. The summed E-state index contributed by atoms with van der Waals surface area (Å²) >= 11 is 0. The lowest BCUT2D eigenvalue weighted by Crippen LogP contribution is -2.49. The highest BCUT2D eigenvalue weighted by Gasteiger charge is 2.30. The number of carbonyl (C=O) groups is 2. The van der Waals surface area contributed by atoms with Gasteiger partial charge in [0.2, 0.25) is 0 Å². The normalized spacial score (nSPS) is 11.5. The first-order valence-corrected chi connectivity index (χ1v) is 9.30. The summed E-state index contributed by atoms with van der Waals surface area (Å²) in [4.78, 5) is 24.2. The molecule has 0 aliphatic rings. The number of nitrogens with one attached hydrogen (secondary N) is 1. The van der Waals surface area contributed by atoms with E-state index in [2.05, 4.69) is 5.32 Å². The maximum absolute atomic E-state index is 12.8. The number of rotatable bonds is 7. The van der Waals surface area contributed by atoms with Gasteiger partial charge in [-0.3, -0.25) is 4.79 Å². The highest BCUT2D eigenvalue weighted by molar-refractivity contribution is 6.05. The van der Waals surface area contributed by atoms with E-state index < -0.39 is 17.4 Å². The van der Waals surface area contributed by atoms with Crippen molar-refractivity contribution in [1.29, 1.82) is 0 Å². The molecule has 3 rings (SSSR count). The Morgan fingerprint density at radius 2 is 1.69 bits per heavy atom. The molecule has 0 bridgehead atoms. The number of fused-ring (bicyclic) bond motifs is 1. The van der Waals surface area contributed by atoms with Gasteiger partial charge in [-0.1, -0.05) is 66.7 Å². The molecule has 3 aromatic carbocycles. The first-order chi connectivity index (χ1) is 13.9.